The number of nitrogens with one attached hydrogen (secondary N) is 1. The molecule has 1 aromatic carbocycles. The van der Waals surface area contributed by atoms with Crippen LogP contribution in [0.3, 0.4) is 0 Å². The van der Waals surface area contributed by atoms with Gasteiger partial charge >= 0.3 is 5.97 Å². The first kappa shape index (κ1) is 13.2. The maximum atomic E-state index is 11.5. The molecular formula is C12H16N2O3. The second kappa shape index (κ2) is 5.45. The fourth-order valence-corrected chi connectivity index (χ4v) is 1.55. The molecule has 0 bridgehead atoms. The summed E-state index contributed by atoms with van der Waals surface area (Å²) in [5.41, 5.74) is 7.99. The van der Waals surface area contributed by atoms with E-state index in [0.717, 1.165) is 11.1 Å². The van der Waals surface area contributed by atoms with E-state index in [4.69, 9.17) is 10.8 Å². The monoisotopic (exact) mass is 236 g/mol. The van der Waals surface area contributed by atoms with E-state index in [1.165, 1.54) is 0 Å². The standard InChI is InChI=1S/C12H16N2O3/c1-7-3-8(2)5-9(4-7)14-11(15)6-10(13)12(16)17/h3-5,10H,6,13H2,1-2H3,(H,14,15)(H,16,17). The fourth-order valence-electron chi connectivity index (χ4n) is 1.55. The minimum Gasteiger partial charge on any atom is -0.480 e. The third kappa shape index (κ3) is 4.24. The van der Waals surface area contributed by atoms with Crippen molar-refractivity contribution in [3.05, 3.63) is 29.3 Å². The zero-order valence-electron chi connectivity index (χ0n) is 9.86. The molecule has 4 N–H and O–H groups in total. The Morgan fingerprint density at radius 3 is 2.29 bits per heavy atom. The predicted octanol–water partition coefficient (Wildman–Crippen LogP) is 1.04. The molecule has 1 atom stereocenters. The number of hydrogen-bond donors (Lipinski definition) is 3. The Kier molecular flexibility index (Phi) is 4.23. The lowest BCUT2D eigenvalue weighted by atomic mass is 10.1. The van der Waals surface area contributed by atoms with Crippen LogP contribution in [0, 0.1) is 13.8 Å². The molecular weight excluding hydrogens is 220 g/mol. The van der Waals surface area contributed by atoms with Gasteiger partial charge in [0.25, 0.3) is 0 Å². The fraction of sp³-hybridized carbons (Fsp3) is 0.333. The molecule has 0 radical (unpaired) electrons. The molecule has 0 aliphatic heterocycles. The highest BCUT2D eigenvalue weighted by Gasteiger charge is 2.16. The van der Waals surface area contributed by atoms with Gasteiger partial charge in [-0.05, 0) is 37.1 Å². The van der Waals surface area contributed by atoms with Crippen LogP contribution in [0.2, 0.25) is 0 Å². The Morgan fingerprint density at radius 2 is 1.82 bits per heavy atom. The third-order valence-electron chi connectivity index (χ3n) is 2.23. The van der Waals surface area contributed by atoms with E-state index >= 15 is 0 Å². The number of benzene rings is 1. The van der Waals surface area contributed by atoms with Crippen molar-refractivity contribution in [2.24, 2.45) is 5.73 Å². The first-order valence-corrected chi connectivity index (χ1v) is 5.25. The molecule has 0 saturated heterocycles. The number of carboxylic acids is 1. The molecule has 0 fully saturated rings. The van der Waals surface area contributed by atoms with Crippen LogP contribution in [0.1, 0.15) is 17.5 Å². The van der Waals surface area contributed by atoms with Crippen molar-refractivity contribution in [2.45, 2.75) is 26.3 Å². The zero-order chi connectivity index (χ0) is 13.0. The highest BCUT2D eigenvalue weighted by Crippen LogP contribution is 2.14. The average molecular weight is 236 g/mol. The molecule has 0 aromatic heterocycles. The van der Waals surface area contributed by atoms with Gasteiger partial charge in [-0.3, -0.25) is 9.59 Å². The van der Waals surface area contributed by atoms with E-state index < -0.39 is 17.9 Å². The Balaban J connectivity index is 2.65. The SMILES string of the molecule is Cc1cc(C)cc(NC(=O)CC(N)C(=O)O)c1. The summed E-state index contributed by atoms with van der Waals surface area (Å²) >= 11 is 0. The highest BCUT2D eigenvalue weighted by atomic mass is 16.4. The quantitative estimate of drug-likeness (QED) is 0.728. The van der Waals surface area contributed by atoms with Crippen LogP contribution in [0.5, 0.6) is 0 Å². The maximum Gasteiger partial charge on any atom is 0.321 e. The number of amides is 1. The Bertz CT molecular complexity index is 423. The number of aliphatic carboxylic acids is 1. The molecule has 1 amide bonds. The summed E-state index contributed by atoms with van der Waals surface area (Å²) in [6, 6.07) is 4.45. The molecule has 0 aliphatic rings. The highest BCUT2D eigenvalue weighted by molar-refractivity contribution is 5.94. The van der Waals surface area contributed by atoms with Gasteiger partial charge in [0.1, 0.15) is 6.04 Å². The number of hydrogen-bond acceptors (Lipinski definition) is 3. The van der Waals surface area contributed by atoms with Gasteiger partial charge in [0.15, 0.2) is 0 Å². The first-order valence-electron chi connectivity index (χ1n) is 5.25. The molecule has 5 heteroatoms. The number of carbonyl (C=O) groups is 2. The van der Waals surface area contributed by atoms with Gasteiger partial charge in [0.05, 0.1) is 6.42 Å². The number of aryl methyl sites for hydroxylation is 2. The summed E-state index contributed by atoms with van der Waals surface area (Å²) in [6.45, 7) is 3.84. The number of nitrogens with two attached hydrogens (primary N) is 1. The summed E-state index contributed by atoms with van der Waals surface area (Å²) in [7, 11) is 0. The van der Waals surface area contributed by atoms with Crippen LogP contribution in [0.4, 0.5) is 5.69 Å². The van der Waals surface area contributed by atoms with Crippen molar-refractivity contribution >= 4 is 17.6 Å². The lowest BCUT2D eigenvalue weighted by Gasteiger charge is -2.09. The number of rotatable bonds is 4. The van der Waals surface area contributed by atoms with Crippen molar-refractivity contribution in [1.29, 1.82) is 0 Å². The Labute approximate surface area is 99.6 Å². The van der Waals surface area contributed by atoms with Crippen LogP contribution in [-0.2, 0) is 9.59 Å². The van der Waals surface area contributed by atoms with E-state index in [2.05, 4.69) is 5.32 Å². The number of anilines is 1. The third-order valence-corrected chi connectivity index (χ3v) is 2.23. The molecule has 0 spiro atoms. The van der Waals surface area contributed by atoms with Gasteiger partial charge in [0, 0.05) is 5.69 Å². The van der Waals surface area contributed by atoms with E-state index in [1.54, 1.807) is 0 Å². The van der Waals surface area contributed by atoms with Gasteiger partial charge in [-0.1, -0.05) is 6.07 Å². The maximum absolute atomic E-state index is 11.5. The van der Waals surface area contributed by atoms with Crippen molar-refractivity contribution in [3.63, 3.8) is 0 Å². The van der Waals surface area contributed by atoms with Crippen molar-refractivity contribution < 1.29 is 14.7 Å². The minimum atomic E-state index is -1.18. The van der Waals surface area contributed by atoms with Crippen LogP contribution < -0.4 is 11.1 Å². The van der Waals surface area contributed by atoms with Gasteiger partial charge in [-0.25, -0.2) is 0 Å². The minimum absolute atomic E-state index is 0.234. The van der Waals surface area contributed by atoms with Crippen LogP contribution in [-0.4, -0.2) is 23.0 Å². The second-order valence-electron chi connectivity index (χ2n) is 4.07. The number of carbonyl (C=O) groups excluding carboxylic acids is 1. The average Bonchev–Trinajstić information content (AvgIpc) is 2.14. The predicted molar refractivity (Wildman–Crippen MR) is 64.8 cm³/mol. The summed E-state index contributed by atoms with van der Waals surface area (Å²) in [4.78, 5) is 22.0. The molecule has 5 nitrogen and oxygen atoms in total. The topological polar surface area (TPSA) is 92.4 Å². The van der Waals surface area contributed by atoms with Gasteiger partial charge < -0.3 is 16.2 Å². The molecule has 1 aromatic rings. The van der Waals surface area contributed by atoms with E-state index in [-0.39, 0.29) is 6.42 Å². The van der Waals surface area contributed by atoms with Crippen molar-refractivity contribution in [3.8, 4) is 0 Å². The summed E-state index contributed by atoms with van der Waals surface area (Å²) in [5.74, 6) is -1.58. The molecule has 92 valence electrons. The lowest BCUT2D eigenvalue weighted by Crippen LogP contribution is -2.34. The van der Waals surface area contributed by atoms with Gasteiger partial charge in [-0.15, -0.1) is 0 Å². The second-order valence-corrected chi connectivity index (χ2v) is 4.07. The van der Waals surface area contributed by atoms with Crippen LogP contribution in [0.15, 0.2) is 18.2 Å². The molecule has 1 unspecified atom stereocenters. The smallest absolute Gasteiger partial charge is 0.321 e. The Hall–Kier alpha value is -1.88. The Morgan fingerprint density at radius 1 is 1.29 bits per heavy atom. The molecule has 1 rings (SSSR count). The lowest BCUT2D eigenvalue weighted by molar-refractivity contribution is -0.140. The largest absolute Gasteiger partial charge is 0.480 e. The van der Waals surface area contributed by atoms with E-state index in [1.807, 2.05) is 32.0 Å². The van der Waals surface area contributed by atoms with Crippen molar-refractivity contribution in [2.75, 3.05) is 5.32 Å². The van der Waals surface area contributed by atoms with E-state index in [9.17, 15) is 9.59 Å². The molecule has 0 heterocycles. The van der Waals surface area contributed by atoms with Gasteiger partial charge in [-0.2, -0.15) is 0 Å². The first-order chi connectivity index (χ1) is 7.88. The van der Waals surface area contributed by atoms with Crippen molar-refractivity contribution in [1.82, 2.24) is 0 Å². The van der Waals surface area contributed by atoms with E-state index in [0.29, 0.717) is 5.69 Å². The summed E-state index contributed by atoms with van der Waals surface area (Å²) < 4.78 is 0. The normalized spacial score (nSPS) is 11.9. The molecule has 0 aliphatic carbocycles. The summed E-state index contributed by atoms with van der Waals surface area (Å²) in [6.07, 6.45) is -0.234. The van der Waals surface area contributed by atoms with Gasteiger partial charge in [0.2, 0.25) is 5.91 Å². The van der Waals surface area contributed by atoms with Crippen LogP contribution in [0.25, 0.3) is 0 Å². The summed E-state index contributed by atoms with van der Waals surface area (Å²) in [5, 5.41) is 11.2. The van der Waals surface area contributed by atoms with Crippen LogP contribution >= 0.6 is 0 Å². The molecule has 0 saturated carbocycles. The molecule has 17 heavy (non-hydrogen) atoms. The number of carboxylic acid groups (broad SMARTS) is 1. The zero-order valence-corrected chi connectivity index (χ0v) is 9.86.